The number of aromatic nitrogens is 2. The lowest BCUT2D eigenvalue weighted by Gasteiger charge is -2.22. The van der Waals surface area contributed by atoms with Gasteiger partial charge in [0.25, 0.3) is 5.91 Å². The molecule has 2 aromatic carbocycles. The Morgan fingerprint density at radius 2 is 2.00 bits per heavy atom. The summed E-state index contributed by atoms with van der Waals surface area (Å²) in [7, 11) is 0. The van der Waals surface area contributed by atoms with Gasteiger partial charge >= 0.3 is 0 Å². The number of amides is 1. The minimum Gasteiger partial charge on any atom is -0.337 e. The molecule has 0 saturated carbocycles. The summed E-state index contributed by atoms with van der Waals surface area (Å²) in [6.07, 6.45) is 1.78. The van der Waals surface area contributed by atoms with E-state index < -0.39 is 0 Å². The normalized spacial score (nSPS) is 16.8. The van der Waals surface area contributed by atoms with Gasteiger partial charge in [-0.05, 0) is 44.4 Å². The van der Waals surface area contributed by atoms with E-state index in [9.17, 15) is 4.79 Å². The molecule has 3 aromatic rings. The fourth-order valence-electron chi connectivity index (χ4n) is 3.51. The molecule has 0 bridgehead atoms. The van der Waals surface area contributed by atoms with E-state index in [0.717, 1.165) is 29.5 Å². The second-order valence-corrected chi connectivity index (χ2v) is 6.80. The topological polar surface area (TPSA) is 59.2 Å². The Morgan fingerprint density at radius 3 is 2.81 bits per heavy atom. The summed E-state index contributed by atoms with van der Waals surface area (Å²) in [4.78, 5) is 19.4. The number of aryl methyl sites for hydroxylation is 2. The van der Waals surface area contributed by atoms with Crippen molar-refractivity contribution in [3.8, 4) is 11.4 Å². The van der Waals surface area contributed by atoms with Gasteiger partial charge in [-0.2, -0.15) is 4.98 Å². The Bertz CT molecular complexity index is 948. The molecule has 4 rings (SSSR count). The first-order valence-corrected chi connectivity index (χ1v) is 8.91. The SMILES string of the molecule is Cc1cccc(C(=O)N2CCC[C@@H]2c2nc(-c3ccccc3C)no2)c1. The Kier molecular flexibility index (Phi) is 4.29. The lowest BCUT2D eigenvalue weighted by atomic mass is 10.1. The molecular formula is C21H21N3O2. The van der Waals surface area contributed by atoms with Gasteiger partial charge in [0.05, 0.1) is 0 Å². The summed E-state index contributed by atoms with van der Waals surface area (Å²) in [5.74, 6) is 1.11. The van der Waals surface area contributed by atoms with Crippen molar-refractivity contribution in [1.82, 2.24) is 15.0 Å². The van der Waals surface area contributed by atoms with Crippen LogP contribution in [0.5, 0.6) is 0 Å². The van der Waals surface area contributed by atoms with Gasteiger partial charge in [0.15, 0.2) is 0 Å². The van der Waals surface area contributed by atoms with Crippen molar-refractivity contribution in [1.29, 1.82) is 0 Å². The Labute approximate surface area is 152 Å². The van der Waals surface area contributed by atoms with Crippen LogP contribution in [0, 0.1) is 13.8 Å². The Hall–Kier alpha value is -2.95. The van der Waals surface area contributed by atoms with E-state index in [1.165, 1.54) is 0 Å². The fraction of sp³-hybridized carbons (Fsp3) is 0.286. The van der Waals surface area contributed by atoms with E-state index in [-0.39, 0.29) is 11.9 Å². The molecule has 0 unspecified atom stereocenters. The minimum absolute atomic E-state index is 0.0202. The monoisotopic (exact) mass is 347 g/mol. The van der Waals surface area contributed by atoms with E-state index in [2.05, 4.69) is 10.1 Å². The van der Waals surface area contributed by atoms with Crippen molar-refractivity contribution in [2.75, 3.05) is 6.54 Å². The highest BCUT2D eigenvalue weighted by atomic mass is 16.5. The lowest BCUT2D eigenvalue weighted by Crippen LogP contribution is -2.30. The van der Waals surface area contributed by atoms with Gasteiger partial charge in [0, 0.05) is 17.7 Å². The third kappa shape index (κ3) is 3.01. The summed E-state index contributed by atoms with van der Waals surface area (Å²) in [6, 6.07) is 15.5. The lowest BCUT2D eigenvalue weighted by molar-refractivity contribution is 0.0710. The minimum atomic E-state index is -0.159. The zero-order valence-electron chi connectivity index (χ0n) is 15.0. The Balaban J connectivity index is 1.61. The van der Waals surface area contributed by atoms with E-state index in [4.69, 9.17) is 4.52 Å². The van der Waals surface area contributed by atoms with Crippen molar-refractivity contribution in [2.45, 2.75) is 32.7 Å². The van der Waals surface area contributed by atoms with Crippen LogP contribution in [-0.2, 0) is 0 Å². The van der Waals surface area contributed by atoms with Crippen LogP contribution in [0.3, 0.4) is 0 Å². The quantitative estimate of drug-likeness (QED) is 0.707. The van der Waals surface area contributed by atoms with Crippen LogP contribution in [0.25, 0.3) is 11.4 Å². The summed E-state index contributed by atoms with van der Waals surface area (Å²) < 4.78 is 5.54. The van der Waals surface area contributed by atoms with Crippen molar-refractivity contribution < 1.29 is 9.32 Å². The molecule has 1 aliphatic heterocycles. The molecule has 1 saturated heterocycles. The molecule has 132 valence electrons. The highest BCUT2D eigenvalue weighted by molar-refractivity contribution is 5.94. The number of rotatable bonds is 3. The molecule has 1 aliphatic rings. The maximum Gasteiger partial charge on any atom is 0.254 e. The van der Waals surface area contributed by atoms with Crippen LogP contribution < -0.4 is 0 Å². The second-order valence-electron chi connectivity index (χ2n) is 6.80. The van der Waals surface area contributed by atoms with Crippen molar-refractivity contribution >= 4 is 5.91 Å². The van der Waals surface area contributed by atoms with E-state index >= 15 is 0 Å². The first kappa shape index (κ1) is 16.5. The van der Waals surface area contributed by atoms with Crippen LogP contribution in [0.1, 0.15) is 46.3 Å². The predicted molar refractivity (Wildman–Crippen MR) is 98.7 cm³/mol. The van der Waals surface area contributed by atoms with Crippen LogP contribution >= 0.6 is 0 Å². The molecule has 0 radical (unpaired) electrons. The molecule has 2 heterocycles. The standard InChI is InChI=1S/C21H21N3O2/c1-14-7-5-9-16(13-14)21(25)24-12-6-11-18(24)20-22-19(23-26-20)17-10-4-3-8-15(17)2/h3-5,7-10,13,18H,6,11-12H2,1-2H3/t18-/m1/s1. The molecule has 1 amide bonds. The molecule has 1 atom stereocenters. The number of likely N-dealkylation sites (tertiary alicyclic amines) is 1. The van der Waals surface area contributed by atoms with Gasteiger partial charge in [0.2, 0.25) is 11.7 Å². The summed E-state index contributed by atoms with van der Waals surface area (Å²) in [6.45, 7) is 4.72. The zero-order chi connectivity index (χ0) is 18.1. The third-order valence-corrected chi connectivity index (χ3v) is 4.89. The van der Waals surface area contributed by atoms with Crippen molar-refractivity contribution in [2.24, 2.45) is 0 Å². The Morgan fingerprint density at radius 1 is 1.15 bits per heavy atom. The molecule has 5 heteroatoms. The van der Waals surface area contributed by atoms with Gasteiger partial charge in [-0.1, -0.05) is 47.1 Å². The van der Waals surface area contributed by atoms with Crippen LogP contribution in [0.2, 0.25) is 0 Å². The first-order valence-electron chi connectivity index (χ1n) is 8.91. The molecule has 5 nitrogen and oxygen atoms in total. The molecular weight excluding hydrogens is 326 g/mol. The zero-order valence-corrected chi connectivity index (χ0v) is 15.0. The predicted octanol–water partition coefficient (Wildman–Crippen LogP) is 4.33. The van der Waals surface area contributed by atoms with E-state index in [1.54, 1.807) is 0 Å². The number of hydrogen-bond donors (Lipinski definition) is 0. The smallest absolute Gasteiger partial charge is 0.254 e. The van der Waals surface area contributed by atoms with Crippen LogP contribution in [0.4, 0.5) is 0 Å². The van der Waals surface area contributed by atoms with E-state index in [0.29, 0.717) is 23.8 Å². The molecule has 0 spiro atoms. The van der Waals surface area contributed by atoms with Gasteiger partial charge in [-0.3, -0.25) is 4.79 Å². The van der Waals surface area contributed by atoms with Crippen LogP contribution in [0.15, 0.2) is 53.1 Å². The summed E-state index contributed by atoms with van der Waals surface area (Å²) in [5.41, 5.74) is 3.83. The highest BCUT2D eigenvalue weighted by Crippen LogP contribution is 2.33. The molecule has 26 heavy (non-hydrogen) atoms. The average Bonchev–Trinajstić information content (AvgIpc) is 3.30. The first-order chi connectivity index (χ1) is 12.6. The highest BCUT2D eigenvalue weighted by Gasteiger charge is 2.34. The molecule has 1 fully saturated rings. The fourth-order valence-corrected chi connectivity index (χ4v) is 3.51. The van der Waals surface area contributed by atoms with Gasteiger partial charge < -0.3 is 9.42 Å². The average molecular weight is 347 g/mol. The van der Waals surface area contributed by atoms with Gasteiger partial charge in [0.1, 0.15) is 6.04 Å². The maximum absolute atomic E-state index is 12.9. The van der Waals surface area contributed by atoms with Crippen molar-refractivity contribution in [3.63, 3.8) is 0 Å². The third-order valence-electron chi connectivity index (χ3n) is 4.89. The molecule has 0 aliphatic carbocycles. The van der Waals surface area contributed by atoms with Crippen molar-refractivity contribution in [3.05, 3.63) is 71.1 Å². The second kappa shape index (κ2) is 6.75. The van der Waals surface area contributed by atoms with Gasteiger partial charge in [-0.25, -0.2) is 0 Å². The molecule has 0 N–H and O–H groups in total. The van der Waals surface area contributed by atoms with Crippen LogP contribution in [-0.4, -0.2) is 27.5 Å². The maximum atomic E-state index is 12.9. The number of carbonyl (C=O) groups is 1. The summed E-state index contributed by atoms with van der Waals surface area (Å²) >= 11 is 0. The summed E-state index contributed by atoms with van der Waals surface area (Å²) in [5, 5.41) is 4.15. The molecule has 1 aromatic heterocycles. The number of hydrogen-bond acceptors (Lipinski definition) is 4. The van der Waals surface area contributed by atoms with Gasteiger partial charge in [-0.15, -0.1) is 0 Å². The number of benzene rings is 2. The largest absolute Gasteiger partial charge is 0.337 e. The number of nitrogens with zero attached hydrogens (tertiary/aromatic N) is 3. The van der Waals surface area contributed by atoms with E-state index in [1.807, 2.05) is 67.3 Å². The number of carbonyl (C=O) groups excluding carboxylic acids is 1.